The minimum absolute atomic E-state index is 0.161. The molecule has 0 spiro atoms. The summed E-state index contributed by atoms with van der Waals surface area (Å²) in [7, 11) is 1.69. The van der Waals surface area contributed by atoms with Crippen LogP contribution in [-0.2, 0) is 4.74 Å². The highest BCUT2D eigenvalue weighted by atomic mass is 79.9. The Morgan fingerprint density at radius 3 is 3.07 bits per heavy atom. The van der Waals surface area contributed by atoms with Crippen LogP contribution in [0.5, 0.6) is 5.75 Å². The fourth-order valence-electron chi connectivity index (χ4n) is 1.87. The predicted octanol–water partition coefficient (Wildman–Crippen LogP) is 3.31. The van der Waals surface area contributed by atoms with Gasteiger partial charge in [0.1, 0.15) is 5.75 Å². The molecule has 82 valence electrons. The molecule has 1 heterocycles. The molecule has 2 unspecified atom stereocenters. The lowest BCUT2D eigenvalue weighted by Gasteiger charge is -2.28. The molecule has 2 nitrogen and oxygen atoms in total. The Morgan fingerprint density at radius 1 is 1.47 bits per heavy atom. The molecule has 0 radical (unpaired) electrons. The van der Waals surface area contributed by atoms with E-state index in [2.05, 4.69) is 22.0 Å². The lowest BCUT2D eigenvalue weighted by molar-refractivity contribution is 0.0216. The quantitative estimate of drug-likeness (QED) is 0.768. The van der Waals surface area contributed by atoms with Crippen LogP contribution in [0.15, 0.2) is 24.3 Å². The SMILES string of the molecule is COc1cccc(C2OCCCC2Br)c1. The van der Waals surface area contributed by atoms with Gasteiger partial charge in [-0.25, -0.2) is 0 Å². The molecule has 1 saturated heterocycles. The molecular formula is C12H15BrO2. The van der Waals surface area contributed by atoms with Gasteiger partial charge in [0, 0.05) is 11.4 Å². The van der Waals surface area contributed by atoms with Crippen LogP contribution in [0.3, 0.4) is 0 Å². The standard InChI is InChI=1S/C12H15BrO2/c1-14-10-5-2-4-9(8-10)12-11(13)6-3-7-15-12/h2,4-5,8,11-12H,3,6-7H2,1H3. The maximum Gasteiger partial charge on any atom is 0.119 e. The van der Waals surface area contributed by atoms with E-state index in [-0.39, 0.29) is 6.10 Å². The smallest absolute Gasteiger partial charge is 0.119 e. The van der Waals surface area contributed by atoms with Crippen LogP contribution in [0, 0.1) is 0 Å². The first-order chi connectivity index (χ1) is 7.31. The number of hydrogen-bond acceptors (Lipinski definition) is 2. The fourth-order valence-corrected chi connectivity index (χ4v) is 2.65. The Bertz CT molecular complexity index is 327. The third kappa shape index (κ3) is 2.52. The van der Waals surface area contributed by atoms with Crippen LogP contribution in [0.25, 0.3) is 0 Å². The van der Waals surface area contributed by atoms with Crippen LogP contribution in [-0.4, -0.2) is 18.5 Å². The zero-order valence-corrected chi connectivity index (χ0v) is 10.4. The van der Waals surface area contributed by atoms with E-state index in [0.29, 0.717) is 4.83 Å². The van der Waals surface area contributed by atoms with Crippen LogP contribution in [0.1, 0.15) is 24.5 Å². The van der Waals surface area contributed by atoms with E-state index >= 15 is 0 Å². The van der Waals surface area contributed by atoms with Gasteiger partial charge in [-0.2, -0.15) is 0 Å². The minimum atomic E-state index is 0.161. The van der Waals surface area contributed by atoms with Crippen LogP contribution in [0.2, 0.25) is 0 Å². The van der Waals surface area contributed by atoms with Crippen LogP contribution in [0.4, 0.5) is 0 Å². The van der Waals surface area contributed by atoms with Gasteiger partial charge < -0.3 is 9.47 Å². The van der Waals surface area contributed by atoms with Gasteiger partial charge in [-0.15, -0.1) is 0 Å². The minimum Gasteiger partial charge on any atom is -0.497 e. The molecular weight excluding hydrogens is 256 g/mol. The van der Waals surface area contributed by atoms with E-state index in [1.54, 1.807) is 7.11 Å². The molecule has 0 aromatic heterocycles. The largest absolute Gasteiger partial charge is 0.497 e. The van der Waals surface area contributed by atoms with Gasteiger partial charge in [0.05, 0.1) is 13.2 Å². The summed E-state index contributed by atoms with van der Waals surface area (Å²) in [5, 5.41) is 0. The van der Waals surface area contributed by atoms with E-state index in [9.17, 15) is 0 Å². The van der Waals surface area contributed by atoms with E-state index < -0.39 is 0 Å². The van der Waals surface area contributed by atoms with Gasteiger partial charge in [-0.3, -0.25) is 0 Å². The first-order valence-electron chi connectivity index (χ1n) is 5.21. The predicted molar refractivity (Wildman–Crippen MR) is 63.6 cm³/mol. The van der Waals surface area contributed by atoms with E-state index in [0.717, 1.165) is 18.8 Å². The van der Waals surface area contributed by atoms with Gasteiger partial charge in [0.25, 0.3) is 0 Å². The molecule has 1 aliphatic heterocycles. The summed E-state index contributed by atoms with van der Waals surface area (Å²) in [6, 6.07) is 8.10. The van der Waals surface area contributed by atoms with Gasteiger partial charge >= 0.3 is 0 Å². The number of ether oxygens (including phenoxy) is 2. The Morgan fingerprint density at radius 2 is 2.33 bits per heavy atom. The molecule has 0 amide bonds. The molecule has 15 heavy (non-hydrogen) atoms. The summed E-state index contributed by atoms with van der Waals surface area (Å²) < 4.78 is 11.0. The first-order valence-corrected chi connectivity index (χ1v) is 6.12. The summed E-state index contributed by atoms with van der Waals surface area (Å²) in [6.07, 6.45) is 2.46. The number of halogens is 1. The highest BCUT2D eigenvalue weighted by Gasteiger charge is 2.25. The number of hydrogen-bond donors (Lipinski definition) is 0. The third-order valence-corrected chi connectivity index (χ3v) is 3.61. The first kappa shape index (κ1) is 11.0. The Hall–Kier alpha value is -0.540. The average molecular weight is 271 g/mol. The second-order valence-electron chi connectivity index (χ2n) is 3.73. The summed E-state index contributed by atoms with van der Waals surface area (Å²) in [4.78, 5) is 0.415. The van der Waals surface area contributed by atoms with Crippen LogP contribution < -0.4 is 4.74 Å². The lowest BCUT2D eigenvalue weighted by atomic mass is 10.0. The zero-order valence-electron chi connectivity index (χ0n) is 8.78. The molecule has 0 aliphatic carbocycles. The van der Waals surface area contributed by atoms with E-state index in [1.807, 2.05) is 18.2 Å². The molecule has 2 atom stereocenters. The van der Waals surface area contributed by atoms with Crippen molar-refractivity contribution in [3.63, 3.8) is 0 Å². The number of rotatable bonds is 2. The molecule has 1 fully saturated rings. The maximum atomic E-state index is 5.77. The fraction of sp³-hybridized carbons (Fsp3) is 0.500. The monoisotopic (exact) mass is 270 g/mol. The molecule has 1 aromatic rings. The van der Waals surface area contributed by atoms with Gasteiger partial charge in [-0.05, 0) is 30.5 Å². The Kier molecular flexibility index (Phi) is 3.65. The van der Waals surface area contributed by atoms with Crippen molar-refractivity contribution >= 4 is 15.9 Å². The average Bonchev–Trinajstić information content (AvgIpc) is 2.30. The Balaban J connectivity index is 2.19. The third-order valence-electron chi connectivity index (χ3n) is 2.67. The highest BCUT2D eigenvalue weighted by molar-refractivity contribution is 9.09. The summed E-state index contributed by atoms with van der Waals surface area (Å²) in [5.41, 5.74) is 1.19. The van der Waals surface area contributed by atoms with Crippen molar-refractivity contribution in [3.05, 3.63) is 29.8 Å². The summed E-state index contributed by atoms with van der Waals surface area (Å²) in [5.74, 6) is 0.890. The molecule has 0 bridgehead atoms. The highest BCUT2D eigenvalue weighted by Crippen LogP contribution is 2.34. The van der Waals surface area contributed by atoms with Crippen molar-refractivity contribution in [2.75, 3.05) is 13.7 Å². The van der Waals surface area contributed by atoms with E-state index in [1.165, 1.54) is 12.0 Å². The summed E-state index contributed by atoms with van der Waals surface area (Å²) in [6.45, 7) is 0.851. The van der Waals surface area contributed by atoms with Gasteiger partial charge in [0.2, 0.25) is 0 Å². The number of alkyl halides is 1. The molecule has 1 aliphatic rings. The van der Waals surface area contributed by atoms with Gasteiger partial charge in [0.15, 0.2) is 0 Å². The second-order valence-corrected chi connectivity index (χ2v) is 4.90. The van der Waals surface area contributed by atoms with Crippen molar-refractivity contribution in [3.8, 4) is 5.75 Å². The van der Waals surface area contributed by atoms with Crippen molar-refractivity contribution in [1.82, 2.24) is 0 Å². The van der Waals surface area contributed by atoms with E-state index in [4.69, 9.17) is 9.47 Å². The van der Waals surface area contributed by atoms with Gasteiger partial charge in [-0.1, -0.05) is 28.1 Å². The van der Waals surface area contributed by atoms with Crippen molar-refractivity contribution in [1.29, 1.82) is 0 Å². The Labute approximate surface area is 98.7 Å². The van der Waals surface area contributed by atoms with Crippen molar-refractivity contribution in [2.24, 2.45) is 0 Å². The van der Waals surface area contributed by atoms with Crippen molar-refractivity contribution in [2.45, 2.75) is 23.8 Å². The van der Waals surface area contributed by atoms with Crippen molar-refractivity contribution < 1.29 is 9.47 Å². The topological polar surface area (TPSA) is 18.5 Å². The van der Waals surface area contributed by atoms with Crippen LogP contribution >= 0.6 is 15.9 Å². The molecule has 0 N–H and O–H groups in total. The zero-order chi connectivity index (χ0) is 10.7. The molecule has 1 aromatic carbocycles. The maximum absolute atomic E-state index is 5.77. The molecule has 2 rings (SSSR count). The lowest BCUT2D eigenvalue weighted by Crippen LogP contribution is -2.22. The summed E-state index contributed by atoms with van der Waals surface area (Å²) >= 11 is 3.67. The number of benzene rings is 1. The normalized spacial score (nSPS) is 26.3. The molecule has 3 heteroatoms. The number of methoxy groups -OCH3 is 1. The second kappa shape index (κ2) is 4.99. The molecule has 0 saturated carbocycles.